The zero-order valence-corrected chi connectivity index (χ0v) is 7.09. The lowest BCUT2D eigenvalue weighted by Crippen LogP contribution is -1.91. The third-order valence-corrected chi connectivity index (χ3v) is 1.97. The van der Waals surface area contributed by atoms with E-state index in [-0.39, 0.29) is 5.69 Å². The Morgan fingerprint density at radius 2 is 2.42 bits per heavy atom. The van der Waals surface area contributed by atoms with Crippen molar-refractivity contribution in [2.24, 2.45) is 3.77 Å². The highest BCUT2D eigenvalue weighted by Gasteiger charge is 2.08. The summed E-state index contributed by atoms with van der Waals surface area (Å²) >= 11 is 0.293. The van der Waals surface area contributed by atoms with Crippen molar-refractivity contribution < 1.29 is 13.2 Å². The molecule has 0 aromatic carbocycles. The van der Waals surface area contributed by atoms with Gasteiger partial charge in [-0.15, -0.1) is 0 Å². The summed E-state index contributed by atoms with van der Waals surface area (Å²) in [4.78, 5) is 10.9. The molecule has 64 valence electrons. The number of H-pyrrole nitrogens is 1. The minimum atomic E-state index is -2.59. The lowest BCUT2D eigenvalue weighted by molar-refractivity contribution is 0.108. The number of nitrogens with one attached hydrogen (secondary N) is 1. The van der Waals surface area contributed by atoms with Gasteiger partial charge in [0.2, 0.25) is 0 Å². The molecule has 0 aliphatic rings. The van der Waals surface area contributed by atoms with Crippen LogP contribution in [-0.4, -0.2) is 28.9 Å². The molecule has 0 unspecified atom stereocenters. The Morgan fingerprint density at radius 1 is 1.67 bits per heavy atom. The second-order valence-electron chi connectivity index (χ2n) is 1.53. The van der Waals surface area contributed by atoms with Gasteiger partial charge in [0, 0.05) is 0 Å². The van der Waals surface area contributed by atoms with Gasteiger partial charge in [-0.2, -0.15) is 23.8 Å². The minimum Gasteiger partial charge on any atom is -0.278 e. The number of carbonyl (C=O) groups excluding carboxylic acids is 1. The van der Waals surface area contributed by atoms with Crippen LogP contribution in [0.2, 0.25) is 0 Å². The van der Waals surface area contributed by atoms with E-state index in [2.05, 4.69) is 19.2 Å². The SMILES string of the molecule is O=C(SN=S(=O)=O)c1cn[nH]n1. The summed E-state index contributed by atoms with van der Waals surface area (Å²) in [5.41, 5.74) is 0.0363. The van der Waals surface area contributed by atoms with Gasteiger partial charge in [-0.05, 0) is 0 Å². The maximum absolute atomic E-state index is 10.9. The summed E-state index contributed by atoms with van der Waals surface area (Å²) in [7, 11) is -2.59. The fraction of sp³-hybridized carbons (Fsp3) is 0. The summed E-state index contributed by atoms with van der Waals surface area (Å²) < 4.78 is 22.7. The smallest absolute Gasteiger partial charge is 0.278 e. The van der Waals surface area contributed by atoms with Crippen molar-refractivity contribution >= 4 is 27.6 Å². The number of aromatic nitrogens is 3. The van der Waals surface area contributed by atoms with Crippen LogP contribution in [0.15, 0.2) is 9.96 Å². The quantitative estimate of drug-likeness (QED) is 0.663. The summed E-state index contributed by atoms with van der Waals surface area (Å²) in [6, 6.07) is 0. The summed E-state index contributed by atoms with van der Waals surface area (Å²) in [5.74, 6) is 0. The first kappa shape index (κ1) is 8.87. The van der Waals surface area contributed by atoms with E-state index >= 15 is 0 Å². The largest absolute Gasteiger partial charge is 0.323 e. The highest BCUT2D eigenvalue weighted by Crippen LogP contribution is 2.08. The van der Waals surface area contributed by atoms with Crippen LogP contribution in [-0.2, 0) is 10.5 Å². The molecule has 1 N–H and O–H groups in total. The van der Waals surface area contributed by atoms with Gasteiger partial charge < -0.3 is 0 Å². The Balaban J connectivity index is 2.69. The van der Waals surface area contributed by atoms with Crippen LogP contribution in [0.4, 0.5) is 0 Å². The molecule has 0 saturated heterocycles. The molecular formula is C3H2N4O3S2. The van der Waals surface area contributed by atoms with E-state index < -0.39 is 15.6 Å². The molecule has 0 amide bonds. The number of nitrogens with zero attached hydrogens (tertiary/aromatic N) is 3. The lowest BCUT2D eigenvalue weighted by atomic mass is 10.5. The highest BCUT2D eigenvalue weighted by atomic mass is 32.2. The Morgan fingerprint density at radius 3 is 2.92 bits per heavy atom. The number of aromatic amines is 1. The maximum Gasteiger partial charge on any atom is 0.323 e. The van der Waals surface area contributed by atoms with Crippen molar-refractivity contribution in [2.75, 3.05) is 0 Å². The Kier molecular flexibility index (Phi) is 2.94. The van der Waals surface area contributed by atoms with Crippen LogP contribution >= 0.6 is 11.9 Å². The van der Waals surface area contributed by atoms with Gasteiger partial charge in [0.25, 0.3) is 5.12 Å². The maximum atomic E-state index is 10.9. The van der Waals surface area contributed by atoms with E-state index in [9.17, 15) is 13.2 Å². The number of hydrogen-bond donors (Lipinski definition) is 1. The number of carbonyl (C=O) groups is 1. The Hall–Kier alpha value is -1.22. The molecule has 0 aliphatic heterocycles. The zero-order valence-electron chi connectivity index (χ0n) is 5.46. The standard InChI is InChI=1S/C3H2N4O3S2/c8-3(11-7-12(9)10)2-1-4-6-5-2/h1H,(H,4,5,6). The van der Waals surface area contributed by atoms with E-state index in [4.69, 9.17) is 0 Å². The molecule has 0 saturated carbocycles. The normalized spacial score (nSPS) is 9.33. The van der Waals surface area contributed by atoms with E-state index in [1.807, 2.05) is 0 Å². The van der Waals surface area contributed by atoms with Gasteiger partial charge in [-0.1, -0.05) is 3.77 Å². The molecule has 9 heteroatoms. The highest BCUT2D eigenvalue weighted by molar-refractivity contribution is 8.15. The van der Waals surface area contributed by atoms with E-state index in [0.717, 1.165) is 0 Å². The van der Waals surface area contributed by atoms with Crippen LogP contribution in [0.5, 0.6) is 0 Å². The van der Waals surface area contributed by atoms with Crippen LogP contribution in [0.25, 0.3) is 0 Å². The molecule has 1 heterocycles. The molecule has 0 bridgehead atoms. The Bertz CT molecular complexity index is 385. The predicted molar refractivity (Wildman–Crippen MR) is 39.7 cm³/mol. The molecule has 12 heavy (non-hydrogen) atoms. The molecular weight excluding hydrogens is 204 g/mol. The summed E-state index contributed by atoms with van der Waals surface area (Å²) in [6.07, 6.45) is 1.18. The van der Waals surface area contributed by atoms with Crippen LogP contribution < -0.4 is 0 Å². The van der Waals surface area contributed by atoms with Gasteiger partial charge in [0.05, 0.1) is 18.1 Å². The third-order valence-electron chi connectivity index (χ3n) is 0.805. The minimum absolute atomic E-state index is 0.0363. The number of hydrogen-bond acceptors (Lipinski definition) is 7. The van der Waals surface area contributed by atoms with Crippen molar-refractivity contribution in [3.05, 3.63) is 11.9 Å². The average Bonchev–Trinajstić information content (AvgIpc) is 2.51. The van der Waals surface area contributed by atoms with Gasteiger partial charge >= 0.3 is 10.5 Å². The molecule has 1 rings (SSSR count). The first-order valence-electron chi connectivity index (χ1n) is 2.57. The Labute approximate surface area is 72.4 Å². The van der Waals surface area contributed by atoms with E-state index in [1.165, 1.54) is 6.20 Å². The lowest BCUT2D eigenvalue weighted by Gasteiger charge is -1.82. The van der Waals surface area contributed by atoms with E-state index in [0.29, 0.717) is 11.9 Å². The molecule has 0 fully saturated rings. The monoisotopic (exact) mass is 206 g/mol. The van der Waals surface area contributed by atoms with Crippen molar-refractivity contribution in [3.63, 3.8) is 0 Å². The molecule has 0 radical (unpaired) electrons. The van der Waals surface area contributed by atoms with Crippen LogP contribution in [0.1, 0.15) is 10.5 Å². The summed E-state index contributed by atoms with van der Waals surface area (Å²) in [5, 5.41) is 8.42. The van der Waals surface area contributed by atoms with Crippen LogP contribution in [0.3, 0.4) is 0 Å². The number of rotatable bonds is 2. The van der Waals surface area contributed by atoms with Crippen LogP contribution in [0, 0.1) is 0 Å². The van der Waals surface area contributed by atoms with Gasteiger partial charge in [0.15, 0.2) is 5.69 Å². The third kappa shape index (κ3) is 2.43. The second-order valence-corrected chi connectivity index (χ2v) is 3.11. The average molecular weight is 206 g/mol. The fourth-order valence-electron chi connectivity index (χ4n) is 0.411. The molecule has 0 spiro atoms. The first-order chi connectivity index (χ1) is 5.70. The predicted octanol–water partition coefficient (Wildman–Crippen LogP) is -0.344. The molecule has 0 atom stereocenters. The molecule has 0 aliphatic carbocycles. The molecule has 1 aromatic rings. The van der Waals surface area contributed by atoms with Gasteiger partial charge in [-0.25, -0.2) is 0 Å². The second kappa shape index (κ2) is 3.97. The van der Waals surface area contributed by atoms with Crippen molar-refractivity contribution in [3.8, 4) is 0 Å². The first-order valence-corrected chi connectivity index (χ1v) is 4.38. The van der Waals surface area contributed by atoms with Crippen molar-refractivity contribution in [2.45, 2.75) is 0 Å². The summed E-state index contributed by atoms with van der Waals surface area (Å²) in [6.45, 7) is 0. The van der Waals surface area contributed by atoms with Crippen molar-refractivity contribution in [1.29, 1.82) is 0 Å². The molecule has 1 aromatic heterocycles. The zero-order chi connectivity index (χ0) is 8.97. The fourth-order valence-corrected chi connectivity index (χ4v) is 1.12. The topological polar surface area (TPSA) is 105 Å². The van der Waals surface area contributed by atoms with E-state index in [1.54, 1.807) is 0 Å². The van der Waals surface area contributed by atoms with Gasteiger partial charge in [-0.3, -0.25) is 4.79 Å². The van der Waals surface area contributed by atoms with Crippen molar-refractivity contribution in [1.82, 2.24) is 15.4 Å². The van der Waals surface area contributed by atoms with Gasteiger partial charge in [0.1, 0.15) is 0 Å². The molecule has 7 nitrogen and oxygen atoms in total.